The summed E-state index contributed by atoms with van der Waals surface area (Å²) in [7, 11) is 0.390. The second-order valence-electron chi connectivity index (χ2n) is 5.97. The van der Waals surface area contributed by atoms with Crippen LogP contribution in [0.15, 0.2) is 30.3 Å². The number of aryl methyl sites for hydroxylation is 1. The minimum absolute atomic E-state index is 0.140. The first-order valence-corrected chi connectivity index (χ1v) is 8.70. The minimum atomic E-state index is -3.82. The van der Waals surface area contributed by atoms with Gasteiger partial charge in [0.1, 0.15) is 0 Å². The number of unbranched alkanes of at least 4 members (excludes halogenated alkanes) is 1. The maximum Gasteiger partial charge on any atom is 0.265 e. The molecule has 0 aliphatic carbocycles. The summed E-state index contributed by atoms with van der Waals surface area (Å²) in [5.74, 6) is -0.140. The van der Waals surface area contributed by atoms with Crippen molar-refractivity contribution in [3.05, 3.63) is 35.9 Å². The van der Waals surface area contributed by atoms with Crippen molar-refractivity contribution in [1.82, 2.24) is 0 Å². The van der Waals surface area contributed by atoms with Crippen LogP contribution in [0.5, 0.6) is 0 Å². The first kappa shape index (κ1) is 17.1. The van der Waals surface area contributed by atoms with E-state index in [2.05, 4.69) is 38.4 Å². The van der Waals surface area contributed by atoms with Gasteiger partial charge < -0.3 is 4.48 Å². The molecule has 0 radical (unpaired) electrons. The quantitative estimate of drug-likeness (QED) is 0.433. The lowest BCUT2D eigenvalue weighted by molar-refractivity contribution is -0.890. The molecule has 0 unspecified atom stereocenters. The minimum Gasteiger partial charge on any atom is -0.328 e. The summed E-state index contributed by atoms with van der Waals surface area (Å²) >= 11 is 0. The van der Waals surface area contributed by atoms with Crippen LogP contribution >= 0.6 is 0 Å². The van der Waals surface area contributed by atoms with Gasteiger partial charge in [-0.2, -0.15) is 8.42 Å². The zero-order valence-electron chi connectivity index (χ0n) is 12.5. The molecule has 0 aromatic heterocycles. The van der Waals surface area contributed by atoms with Gasteiger partial charge in [0, 0.05) is 6.42 Å². The average molecular weight is 300 g/mol. The zero-order valence-corrected chi connectivity index (χ0v) is 13.3. The van der Waals surface area contributed by atoms with Crippen LogP contribution in [0.3, 0.4) is 0 Å². The van der Waals surface area contributed by atoms with Gasteiger partial charge in [0.25, 0.3) is 10.1 Å². The van der Waals surface area contributed by atoms with Gasteiger partial charge in [-0.3, -0.25) is 4.55 Å². The molecule has 0 atom stereocenters. The molecule has 1 aromatic carbocycles. The molecule has 4 nitrogen and oxygen atoms in total. The summed E-state index contributed by atoms with van der Waals surface area (Å²) in [5.41, 5.74) is 1.36. The lowest BCUT2D eigenvalue weighted by atomic mass is 10.1. The van der Waals surface area contributed by atoms with Crippen LogP contribution < -0.4 is 0 Å². The van der Waals surface area contributed by atoms with E-state index in [-0.39, 0.29) is 5.75 Å². The van der Waals surface area contributed by atoms with Gasteiger partial charge in [0.2, 0.25) is 0 Å². The molecule has 1 aromatic rings. The van der Waals surface area contributed by atoms with Gasteiger partial charge in [0.05, 0.1) is 32.9 Å². The van der Waals surface area contributed by atoms with E-state index < -0.39 is 10.1 Å². The van der Waals surface area contributed by atoms with Crippen LogP contribution in [0.2, 0.25) is 0 Å². The van der Waals surface area contributed by atoms with E-state index in [9.17, 15) is 8.42 Å². The Hall–Kier alpha value is -0.910. The van der Waals surface area contributed by atoms with E-state index in [0.29, 0.717) is 6.42 Å². The maximum absolute atomic E-state index is 10.7. The smallest absolute Gasteiger partial charge is 0.265 e. The Morgan fingerprint density at radius 1 is 1.00 bits per heavy atom. The summed E-state index contributed by atoms with van der Waals surface area (Å²) in [6, 6.07) is 10.4. The standard InChI is InChI=1S/C15H25NO3S/c1-16(2,13-8-14-20(17,18)19)12-7-6-11-15-9-4-3-5-10-15/h3-5,9-10H,6-8,11-14H2,1-2H3/p+1. The second-order valence-corrected chi connectivity index (χ2v) is 7.54. The zero-order chi connectivity index (χ0) is 15.1. The first-order valence-electron chi connectivity index (χ1n) is 7.10. The third-order valence-electron chi connectivity index (χ3n) is 3.49. The molecule has 1 rings (SSSR count). The van der Waals surface area contributed by atoms with Crippen molar-refractivity contribution in [2.45, 2.75) is 25.7 Å². The fraction of sp³-hybridized carbons (Fsp3) is 0.600. The van der Waals surface area contributed by atoms with Gasteiger partial charge in [-0.1, -0.05) is 30.3 Å². The number of nitrogens with zero attached hydrogens (tertiary/aromatic N) is 1. The van der Waals surface area contributed by atoms with Gasteiger partial charge in [-0.15, -0.1) is 0 Å². The van der Waals surface area contributed by atoms with Gasteiger partial charge in [-0.05, 0) is 24.8 Å². The molecule has 0 bridgehead atoms. The third-order valence-corrected chi connectivity index (χ3v) is 4.29. The monoisotopic (exact) mass is 300 g/mol. The van der Waals surface area contributed by atoms with E-state index in [0.717, 1.165) is 36.8 Å². The molecular formula is C15H26NO3S+. The lowest BCUT2D eigenvalue weighted by Gasteiger charge is -2.29. The van der Waals surface area contributed by atoms with Crippen molar-refractivity contribution in [3.8, 4) is 0 Å². The van der Waals surface area contributed by atoms with Crippen LogP contribution in [-0.4, -0.2) is 50.4 Å². The average Bonchev–Trinajstić information content (AvgIpc) is 2.34. The highest BCUT2D eigenvalue weighted by molar-refractivity contribution is 7.85. The Balaban J connectivity index is 2.19. The molecule has 1 N–H and O–H groups in total. The molecule has 0 fully saturated rings. The molecule has 0 amide bonds. The Morgan fingerprint density at radius 2 is 1.60 bits per heavy atom. The SMILES string of the molecule is C[N+](C)(CCCCc1ccccc1)CCCS(=O)(=O)O. The molecule has 0 saturated heterocycles. The van der Waals surface area contributed by atoms with E-state index in [1.165, 1.54) is 5.56 Å². The Morgan fingerprint density at radius 3 is 2.20 bits per heavy atom. The molecule has 20 heavy (non-hydrogen) atoms. The highest BCUT2D eigenvalue weighted by Crippen LogP contribution is 2.08. The van der Waals surface area contributed by atoms with Crippen LogP contribution in [-0.2, 0) is 16.5 Å². The fourth-order valence-electron chi connectivity index (χ4n) is 2.30. The number of hydrogen-bond acceptors (Lipinski definition) is 2. The molecule has 114 valence electrons. The number of quaternary nitrogens is 1. The molecule has 0 aliphatic heterocycles. The predicted octanol–water partition coefficient (Wildman–Crippen LogP) is 2.36. The van der Waals surface area contributed by atoms with Crippen molar-refractivity contribution in [2.24, 2.45) is 0 Å². The maximum atomic E-state index is 10.7. The predicted molar refractivity (Wildman–Crippen MR) is 82.3 cm³/mol. The van der Waals surface area contributed by atoms with Gasteiger partial charge >= 0.3 is 0 Å². The van der Waals surface area contributed by atoms with E-state index in [4.69, 9.17) is 4.55 Å². The third kappa shape index (κ3) is 8.30. The fourth-order valence-corrected chi connectivity index (χ4v) is 2.79. The van der Waals surface area contributed by atoms with Crippen molar-refractivity contribution >= 4 is 10.1 Å². The second kappa shape index (κ2) is 7.76. The van der Waals surface area contributed by atoms with E-state index in [1.807, 2.05) is 6.07 Å². The van der Waals surface area contributed by atoms with E-state index in [1.54, 1.807) is 0 Å². The largest absolute Gasteiger partial charge is 0.328 e. The topological polar surface area (TPSA) is 54.4 Å². The molecule has 0 saturated carbocycles. The Kier molecular flexibility index (Phi) is 6.65. The van der Waals surface area contributed by atoms with Crippen LogP contribution in [0.4, 0.5) is 0 Å². The first-order chi connectivity index (χ1) is 9.29. The molecule has 0 spiro atoms. The molecular weight excluding hydrogens is 274 g/mol. The van der Waals surface area contributed by atoms with Gasteiger partial charge in [0.15, 0.2) is 0 Å². The van der Waals surface area contributed by atoms with Crippen LogP contribution in [0, 0.1) is 0 Å². The Bertz CT molecular complexity index is 483. The van der Waals surface area contributed by atoms with Crippen LogP contribution in [0.1, 0.15) is 24.8 Å². The summed E-state index contributed by atoms with van der Waals surface area (Å²) in [6.07, 6.45) is 3.86. The van der Waals surface area contributed by atoms with Crippen molar-refractivity contribution in [1.29, 1.82) is 0 Å². The highest BCUT2D eigenvalue weighted by atomic mass is 32.2. The summed E-state index contributed by atoms with van der Waals surface area (Å²) in [6.45, 7) is 1.80. The number of rotatable bonds is 9. The Labute approximate surface area is 122 Å². The van der Waals surface area contributed by atoms with Crippen molar-refractivity contribution in [3.63, 3.8) is 0 Å². The van der Waals surface area contributed by atoms with Crippen molar-refractivity contribution < 1.29 is 17.5 Å². The summed E-state index contributed by atoms with van der Waals surface area (Å²) in [4.78, 5) is 0. The molecule has 0 heterocycles. The van der Waals surface area contributed by atoms with Gasteiger partial charge in [-0.25, -0.2) is 0 Å². The summed E-state index contributed by atoms with van der Waals surface area (Å²) < 4.78 is 30.9. The summed E-state index contributed by atoms with van der Waals surface area (Å²) in [5, 5.41) is 0. The highest BCUT2D eigenvalue weighted by Gasteiger charge is 2.16. The van der Waals surface area contributed by atoms with Crippen molar-refractivity contribution in [2.75, 3.05) is 32.9 Å². The normalized spacial score (nSPS) is 12.6. The molecule has 5 heteroatoms. The number of benzene rings is 1. The lowest BCUT2D eigenvalue weighted by Crippen LogP contribution is -2.41. The molecule has 0 aliphatic rings. The van der Waals surface area contributed by atoms with Crippen LogP contribution in [0.25, 0.3) is 0 Å². The number of hydrogen-bond donors (Lipinski definition) is 1. The van der Waals surface area contributed by atoms with E-state index >= 15 is 0 Å².